The van der Waals surface area contributed by atoms with Crippen molar-refractivity contribution in [1.29, 1.82) is 0 Å². The first-order valence-corrected chi connectivity index (χ1v) is 10.3. The molecule has 13 heteroatoms. The predicted molar refractivity (Wildman–Crippen MR) is 110 cm³/mol. The molecular formula is C22H14Cl2F10O. The van der Waals surface area contributed by atoms with Crippen molar-refractivity contribution in [3.05, 3.63) is 74.8 Å². The summed E-state index contributed by atoms with van der Waals surface area (Å²) in [6, 6.07) is 3.88. The minimum Gasteiger partial charge on any atom is -0.294 e. The number of carbonyl (C=O) groups is 1. The number of halogens is 12. The Kier molecular flexibility index (Phi) is 8.59. The smallest absolute Gasteiger partial charge is 0.294 e. The second-order valence-corrected chi connectivity index (χ2v) is 8.44. The van der Waals surface area contributed by atoms with Crippen LogP contribution in [0.25, 0.3) is 5.83 Å². The van der Waals surface area contributed by atoms with Crippen LogP contribution in [-0.2, 0) is 6.18 Å². The lowest BCUT2D eigenvalue weighted by molar-refractivity contribution is -0.168. The number of allylic oxidation sites excluding steroid dienone is 1. The second-order valence-electron chi connectivity index (χ2n) is 7.56. The van der Waals surface area contributed by atoms with E-state index in [9.17, 15) is 48.7 Å². The van der Waals surface area contributed by atoms with Crippen LogP contribution in [0.2, 0.25) is 10.0 Å². The average molecular weight is 555 g/mol. The van der Waals surface area contributed by atoms with Crippen LogP contribution in [0.15, 0.2) is 42.5 Å². The fraction of sp³-hybridized carbons (Fsp3) is 0.318. The highest BCUT2D eigenvalue weighted by molar-refractivity contribution is 6.34. The maximum absolute atomic E-state index is 14.8. The van der Waals surface area contributed by atoms with E-state index in [2.05, 4.69) is 0 Å². The molecule has 0 amide bonds. The van der Waals surface area contributed by atoms with E-state index in [4.69, 9.17) is 23.2 Å². The third kappa shape index (κ3) is 7.60. The Morgan fingerprint density at radius 3 is 1.89 bits per heavy atom. The molecule has 0 aliphatic heterocycles. The molecule has 0 saturated heterocycles. The molecule has 2 atom stereocenters. The van der Waals surface area contributed by atoms with E-state index >= 15 is 0 Å². The first kappa shape index (κ1) is 29.0. The van der Waals surface area contributed by atoms with Crippen LogP contribution < -0.4 is 0 Å². The third-order valence-electron chi connectivity index (χ3n) is 4.86. The van der Waals surface area contributed by atoms with Crippen molar-refractivity contribution in [2.75, 3.05) is 0 Å². The van der Waals surface area contributed by atoms with E-state index in [1.807, 2.05) is 0 Å². The van der Waals surface area contributed by atoms with Gasteiger partial charge in [0.05, 0.1) is 11.5 Å². The molecule has 2 aromatic rings. The lowest BCUT2D eigenvalue weighted by atomic mass is 9.93. The molecule has 2 aromatic carbocycles. The molecule has 35 heavy (non-hydrogen) atoms. The van der Waals surface area contributed by atoms with Gasteiger partial charge < -0.3 is 0 Å². The van der Waals surface area contributed by atoms with Crippen LogP contribution in [0.1, 0.15) is 46.3 Å². The highest BCUT2D eigenvalue weighted by Crippen LogP contribution is 2.41. The van der Waals surface area contributed by atoms with E-state index in [1.54, 1.807) is 0 Å². The zero-order chi connectivity index (χ0) is 26.9. The quantitative estimate of drug-likeness (QED) is 0.257. The molecule has 0 heterocycles. The van der Waals surface area contributed by atoms with Crippen molar-refractivity contribution < 1.29 is 48.7 Å². The summed E-state index contributed by atoms with van der Waals surface area (Å²) in [4.78, 5) is 12.1. The van der Waals surface area contributed by atoms with Gasteiger partial charge in [0.2, 0.25) is 0 Å². The van der Waals surface area contributed by atoms with Crippen molar-refractivity contribution in [2.45, 2.75) is 37.8 Å². The van der Waals surface area contributed by atoms with Gasteiger partial charge in [-0.1, -0.05) is 42.3 Å². The van der Waals surface area contributed by atoms with Gasteiger partial charge in [0.1, 0.15) is 11.7 Å². The van der Waals surface area contributed by atoms with Crippen LogP contribution >= 0.6 is 23.2 Å². The first-order chi connectivity index (χ1) is 15.8. The second kappa shape index (κ2) is 10.4. The van der Waals surface area contributed by atoms with Gasteiger partial charge in [0.25, 0.3) is 0 Å². The molecule has 0 N–H and O–H groups in total. The summed E-state index contributed by atoms with van der Waals surface area (Å²) in [5.74, 6) is -8.15. The molecule has 0 aliphatic rings. The zero-order valence-corrected chi connectivity index (χ0v) is 18.9. The number of alkyl halides is 9. The normalized spacial score (nSPS) is 15.2. The highest BCUT2D eigenvalue weighted by atomic mass is 35.5. The lowest BCUT2D eigenvalue weighted by Gasteiger charge is -2.19. The van der Waals surface area contributed by atoms with Gasteiger partial charge in [-0.3, -0.25) is 4.79 Å². The lowest BCUT2D eigenvalue weighted by Crippen LogP contribution is -2.24. The summed E-state index contributed by atoms with van der Waals surface area (Å²) < 4.78 is 134. The molecule has 1 nitrogen and oxygen atoms in total. The van der Waals surface area contributed by atoms with Crippen molar-refractivity contribution in [2.24, 2.45) is 5.92 Å². The summed E-state index contributed by atoms with van der Waals surface area (Å²) >= 11 is 11.4. The third-order valence-corrected chi connectivity index (χ3v) is 5.30. The molecule has 0 radical (unpaired) electrons. The van der Waals surface area contributed by atoms with Gasteiger partial charge >= 0.3 is 18.5 Å². The van der Waals surface area contributed by atoms with E-state index < -0.39 is 70.6 Å². The van der Waals surface area contributed by atoms with Gasteiger partial charge in [-0.15, -0.1) is 0 Å². The fourth-order valence-electron chi connectivity index (χ4n) is 3.05. The van der Waals surface area contributed by atoms with E-state index in [-0.39, 0.29) is 22.2 Å². The minimum atomic E-state index is -5.31. The Morgan fingerprint density at radius 1 is 0.886 bits per heavy atom. The predicted octanol–water partition coefficient (Wildman–Crippen LogP) is 9.44. The Labute approximate surface area is 202 Å². The topological polar surface area (TPSA) is 17.1 Å². The molecule has 0 fully saturated rings. The summed E-state index contributed by atoms with van der Waals surface area (Å²) in [5, 5.41) is -0.406. The van der Waals surface area contributed by atoms with Crippen molar-refractivity contribution >= 4 is 34.8 Å². The standard InChI is InChI=1S/C22H14Cl2F10O/c1-10(20(26,27)28)4-19(35)15-3-2-11(7-17(15)22(32,33)34)18(25)9-16(21(29,30)31)12-5-13(23)8-14(24)6-12/h2-3,5-10,16H,4H2,1H3/b18-9-/t10-,16?/m0/s1. The molecule has 0 bridgehead atoms. The number of carbonyl (C=O) groups excluding carboxylic acids is 1. The number of hydrogen-bond acceptors (Lipinski definition) is 1. The van der Waals surface area contributed by atoms with Crippen LogP contribution in [0, 0.1) is 5.92 Å². The number of ketones is 1. The highest BCUT2D eigenvalue weighted by Gasteiger charge is 2.42. The summed E-state index contributed by atoms with van der Waals surface area (Å²) in [6.07, 6.45) is -16.6. The molecule has 192 valence electrons. The van der Waals surface area contributed by atoms with Gasteiger partial charge in [-0.25, -0.2) is 4.39 Å². The van der Waals surface area contributed by atoms with Crippen molar-refractivity contribution in [1.82, 2.24) is 0 Å². The molecule has 0 spiro atoms. The Morgan fingerprint density at radius 2 is 1.43 bits per heavy atom. The first-order valence-electron chi connectivity index (χ1n) is 9.52. The van der Waals surface area contributed by atoms with Crippen molar-refractivity contribution in [3.8, 4) is 0 Å². The van der Waals surface area contributed by atoms with E-state index in [0.717, 1.165) is 18.2 Å². The number of hydrogen-bond donors (Lipinski definition) is 0. The molecule has 0 saturated carbocycles. The van der Waals surface area contributed by atoms with Crippen LogP contribution in [0.5, 0.6) is 0 Å². The zero-order valence-electron chi connectivity index (χ0n) is 17.3. The van der Waals surface area contributed by atoms with Crippen LogP contribution in [-0.4, -0.2) is 18.1 Å². The summed E-state index contributed by atoms with van der Waals surface area (Å²) in [6.45, 7) is 0.599. The molecule has 0 aliphatic carbocycles. The Balaban J connectivity index is 2.55. The van der Waals surface area contributed by atoms with Gasteiger partial charge in [0, 0.05) is 27.6 Å². The maximum atomic E-state index is 14.8. The van der Waals surface area contributed by atoms with Gasteiger partial charge in [-0.05, 0) is 35.9 Å². The van der Waals surface area contributed by atoms with Crippen molar-refractivity contribution in [3.63, 3.8) is 0 Å². The number of benzene rings is 2. The van der Waals surface area contributed by atoms with Crippen LogP contribution in [0.4, 0.5) is 43.9 Å². The number of Topliss-reactive ketones (excluding diaryl/α,β-unsaturated/α-hetero) is 1. The maximum Gasteiger partial charge on any atom is 0.417 e. The summed E-state index contributed by atoms with van der Waals surface area (Å²) in [5.41, 5.74) is -4.51. The SMILES string of the molecule is C[C@@H](CC(=O)c1ccc(/C(F)=C/C(c2cc(Cl)cc(Cl)c2)C(F)(F)F)cc1C(F)(F)F)C(F)(F)F. The Hall–Kier alpha value is -2.27. The molecule has 2 rings (SSSR count). The van der Waals surface area contributed by atoms with Gasteiger partial charge in [-0.2, -0.15) is 39.5 Å². The molecule has 0 aromatic heterocycles. The van der Waals surface area contributed by atoms with E-state index in [1.165, 1.54) is 0 Å². The minimum absolute atomic E-state index is 0.00466. The number of rotatable bonds is 6. The summed E-state index contributed by atoms with van der Waals surface area (Å²) in [7, 11) is 0. The largest absolute Gasteiger partial charge is 0.417 e. The average Bonchev–Trinajstić information content (AvgIpc) is 2.68. The van der Waals surface area contributed by atoms with E-state index in [0.29, 0.717) is 19.1 Å². The monoisotopic (exact) mass is 554 g/mol. The van der Waals surface area contributed by atoms with Gasteiger partial charge in [0.15, 0.2) is 5.78 Å². The molecule has 1 unspecified atom stereocenters. The fourth-order valence-corrected chi connectivity index (χ4v) is 3.59. The Bertz CT molecular complexity index is 1100. The molecular weight excluding hydrogens is 541 g/mol. The van der Waals surface area contributed by atoms with Crippen LogP contribution in [0.3, 0.4) is 0 Å².